The summed E-state index contributed by atoms with van der Waals surface area (Å²) in [5.74, 6) is 0.355. The fraction of sp³-hybridized carbons (Fsp3) is 0.548. The molecule has 1 amide bonds. The molecule has 1 saturated heterocycles. The Morgan fingerprint density at radius 1 is 1.05 bits per heavy atom. The van der Waals surface area contributed by atoms with Crippen LogP contribution in [0.3, 0.4) is 0 Å². The average molecular weight is 527 g/mol. The van der Waals surface area contributed by atoms with Crippen molar-refractivity contribution in [2.45, 2.75) is 72.8 Å². The lowest BCUT2D eigenvalue weighted by molar-refractivity contribution is -0.900. The largest absolute Gasteiger partial charge is 0.324 e. The van der Waals surface area contributed by atoms with Gasteiger partial charge in [-0.15, -0.1) is 0 Å². The molecule has 1 N–H and O–H groups in total. The first-order valence-corrected chi connectivity index (χ1v) is 14.1. The van der Waals surface area contributed by atoms with Gasteiger partial charge >= 0.3 is 0 Å². The number of carbonyl (C=O) groups is 2. The minimum absolute atomic E-state index is 0.0939. The van der Waals surface area contributed by atoms with Gasteiger partial charge in [0, 0.05) is 30.1 Å². The van der Waals surface area contributed by atoms with E-state index in [4.69, 9.17) is 11.6 Å². The molecule has 5 nitrogen and oxygen atoms in total. The van der Waals surface area contributed by atoms with Crippen molar-refractivity contribution in [2.24, 2.45) is 0 Å². The third kappa shape index (κ3) is 7.66. The highest BCUT2D eigenvalue weighted by molar-refractivity contribution is 6.31. The Bertz CT molecular complexity index is 1100. The topological polar surface area (TPSA) is 49.4 Å². The molecule has 0 aromatic heterocycles. The lowest BCUT2D eigenvalue weighted by atomic mass is 9.97. The second kappa shape index (κ2) is 13.0. The molecule has 0 bridgehead atoms. The molecule has 0 spiro atoms. The molecule has 0 aliphatic carbocycles. The van der Waals surface area contributed by atoms with Gasteiger partial charge in [-0.25, -0.2) is 0 Å². The number of rotatable bonds is 11. The molecule has 1 aliphatic heterocycles. The summed E-state index contributed by atoms with van der Waals surface area (Å²) in [6.45, 7) is 14.4. The first-order chi connectivity index (χ1) is 17.5. The number of hydrogen-bond donors (Lipinski definition) is 1. The Morgan fingerprint density at radius 3 is 2.43 bits per heavy atom. The standard InChI is InChI=1S/C31H44ClN3O2/c1-7-35(6,21-26(36)20-27-22(2)15-16-28(32)25(27)5)19-11-18-34-17-9-8-14-29(34)31(37)33-30-23(3)12-10-13-24(30)4/h10,12-13,15-16,29H,7-9,11,14,17-21H2,1-6H3/p+1. The smallest absolute Gasteiger partial charge is 0.241 e. The number of anilines is 1. The van der Waals surface area contributed by atoms with Gasteiger partial charge in [0.25, 0.3) is 0 Å². The second-order valence-corrected chi connectivity index (χ2v) is 11.6. The molecule has 2 atom stereocenters. The van der Waals surface area contributed by atoms with Gasteiger partial charge in [0.05, 0.1) is 26.2 Å². The number of hydrogen-bond acceptors (Lipinski definition) is 3. The van der Waals surface area contributed by atoms with Crippen LogP contribution in [-0.2, 0) is 16.0 Å². The number of nitrogens with zero attached hydrogens (tertiary/aromatic N) is 2. The van der Waals surface area contributed by atoms with E-state index >= 15 is 0 Å². The maximum absolute atomic E-state index is 13.3. The highest BCUT2D eigenvalue weighted by Crippen LogP contribution is 2.25. The number of Topliss-reactive ketones (excluding diaryl/α,β-unsaturated/α-hetero) is 1. The molecule has 202 valence electrons. The molecule has 2 unspecified atom stereocenters. The van der Waals surface area contributed by atoms with E-state index in [-0.39, 0.29) is 17.7 Å². The van der Waals surface area contributed by atoms with Crippen LogP contribution in [0.15, 0.2) is 30.3 Å². The van der Waals surface area contributed by atoms with Crippen LogP contribution in [0.2, 0.25) is 5.02 Å². The van der Waals surface area contributed by atoms with Crippen molar-refractivity contribution in [3.8, 4) is 0 Å². The van der Waals surface area contributed by atoms with Crippen LogP contribution in [0.5, 0.6) is 0 Å². The summed E-state index contributed by atoms with van der Waals surface area (Å²) < 4.78 is 0.713. The van der Waals surface area contributed by atoms with Gasteiger partial charge in [0.2, 0.25) is 5.91 Å². The van der Waals surface area contributed by atoms with Crippen molar-refractivity contribution in [3.05, 3.63) is 63.2 Å². The normalized spacial score (nSPS) is 17.9. The molecule has 6 heteroatoms. The van der Waals surface area contributed by atoms with Gasteiger partial charge in [-0.2, -0.15) is 0 Å². The van der Waals surface area contributed by atoms with Crippen LogP contribution in [0.25, 0.3) is 0 Å². The molecule has 3 rings (SSSR count). The Labute approximate surface area is 228 Å². The number of piperidine rings is 1. The minimum atomic E-state index is -0.0939. The lowest BCUT2D eigenvalue weighted by Gasteiger charge is -2.37. The Hall–Kier alpha value is -2.21. The quantitative estimate of drug-likeness (QED) is 0.363. The average Bonchev–Trinajstić information content (AvgIpc) is 2.86. The second-order valence-electron chi connectivity index (χ2n) is 11.2. The maximum atomic E-state index is 13.3. The minimum Gasteiger partial charge on any atom is -0.324 e. The fourth-order valence-corrected chi connectivity index (χ4v) is 5.77. The van der Waals surface area contributed by atoms with Crippen molar-refractivity contribution in [1.82, 2.24) is 4.90 Å². The summed E-state index contributed by atoms with van der Waals surface area (Å²) in [5.41, 5.74) is 6.33. The highest BCUT2D eigenvalue weighted by Gasteiger charge is 2.30. The molecule has 0 radical (unpaired) electrons. The predicted molar refractivity (Wildman–Crippen MR) is 154 cm³/mol. The van der Waals surface area contributed by atoms with Crippen LogP contribution in [-0.4, -0.2) is 66.9 Å². The summed E-state index contributed by atoms with van der Waals surface area (Å²) in [6.07, 6.45) is 4.50. The number of carbonyl (C=O) groups excluding carboxylic acids is 2. The van der Waals surface area contributed by atoms with E-state index in [0.717, 1.165) is 90.4 Å². The van der Waals surface area contributed by atoms with Crippen LogP contribution < -0.4 is 5.32 Å². The number of likely N-dealkylation sites (tertiary alicyclic amines) is 1. The van der Waals surface area contributed by atoms with Crippen molar-refractivity contribution < 1.29 is 14.1 Å². The highest BCUT2D eigenvalue weighted by atomic mass is 35.5. The van der Waals surface area contributed by atoms with Crippen LogP contribution in [0, 0.1) is 27.7 Å². The number of likely N-dealkylation sites (N-methyl/N-ethyl adjacent to an activating group) is 1. The van der Waals surface area contributed by atoms with E-state index in [1.807, 2.05) is 58.0 Å². The first-order valence-electron chi connectivity index (χ1n) is 13.8. The fourth-order valence-electron chi connectivity index (χ4n) is 5.59. The first kappa shape index (κ1) is 29.3. The lowest BCUT2D eigenvalue weighted by Crippen LogP contribution is -2.51. The summed E-state index contributed by atoms with van der Waals surface area (Å²) in [4.78, 5) is 28.8. The number of ketones is 1. The number of amides is 1. The zero-order valence-corrected chi connectivity index (χ0v) is 24.4. The van der Waals surface area contributed by atoms with E-state index in [0.29, 0.717) is 17.4 Å². The SMILES string of the molecule is CC[N+](C)(CCCN1CCCCC1C(=O)Nc1c(C)cccc1C)CC(=O)Cc1c(C)ccc(Cl)c1C. The molecule has 1 aliphatic rings. The monoisotopic (exact) mass is 526 g/mol. The van der Waals surface area contributed by atoms with E-state index in [1.54, 1.807) is 0 Å². The Morgan fingerprint density at radius 2 is 1.76 bits per heavy atom. The molecule has 2 aromatic carbocycles. The third-order valence-electron chi connectivity index (χ3n) is 8.25. The van der Waals surface area contributed by atoms with Gasteiger partial charge in [-0.3, -0.25) is 14.5 Å². The molecule has 1 heterocycles. The zero-order chi connectivity index (χ0) is 27.2. The van der Waals surface area contributed by atoms with Gasteiger partial charge in [0.15, 0.2) is 5.78 Å². The molecule has 1 fully saturated rings. The van der Waals surface area contributed by atoms with E-state index in [9.17, 15) is 9.59 Å². The molecular weight excluding hydrogens is 482 g/mol. The number of quaternary nitrogens is 1. The number of halogens is 1. The summed E-state index contributed by atoms with van der Waals surface area (Å²) >= 11 is 6.32. The van der Waals surface area contributed by atoms with E-state index in [1.165, 1.54) is 0 Å². The van der Waals surface area contributed by atoms with Crippen molar-refractivity contribution >= 4 is 29.0 Å². The summed E-state index contributed by atoms with van der Waals surface area (Å²) in [6, 6.07) is 9.92. The van der Waals surface area contributed by atoms with Crippen molar-refractivity contribution in [1.29, 1.82) is 0 Å². The van der Waals surface area contributed by atoms with Gasteiger partial charge in [-0.05, 0) is 87.9 Å². The Kier molecular flexibility index (Phi) is 10.3. The number of para-hydroxylation sites is 1. The summed E-state index contributed by atoms with van der Waals surface area (Å²) in [7, 11) is 2.18. The third-order valence-corrected chi connectivity index (χ3v) is 8.66. The number of benzene rings is 2. The maximum Gasteiger partial charge on any atom is 0.241 e. The van der Waals surface area contributed by atoms with Crippen molar-refractivity contribution in [3.63, 3.8) is 0 Å². The van der Waals surface area contributed by atoms with E-state index < -0.39 is 0 Å². The molecule has 2 aromatic rings. The van der Waals surface area contributed by atoms with E-state index in [2.05, 4.69) is 24.2 Å². The van der Waals surface area contributed by atoms with Gasteiger partial charge in [-0.1, -0.05) is 42.3 Å². The molecule has 0 saturated carbocycles. The van der Waals surface area contributed by atoms with Crippen molar-refractivity contribution in [2.75, 3.05) is 45.1 Å². The zero-order valence-electron chi connectivity index (χ0n) is 23.6. The van der Waals surface area contributed by atoms with Crippen LogP contribution in [0.4, 0.5) is 5.69 Å². The van der Waals surface area contributed by atoms with Gasteiger partial charge < -0.3 is 9.80 Å². The molecule has 37 heavy (non-hydrogen) atoms. The summed E-state index contributed by atoms with van der Waals surface area (Å²) in [5, 5.41) is 3.94. The number of nitrogens with one attached hydrogen (secondary N) is 1. The number of aryl methyl sites for hydroxylation is 3. The Balaban J connectivity index is 1.58. The van der Waals surface area contributed by atoms with Crippen LogP contribution in [0.1, 0.15) is 60.4 Å². The van der Waals surface area contributed by atoms with Gasteiger partial charge in [0.1, 0.15) is 6.54 Å². The molecular formula is C31H45ClN3O2+. The predicted octanol–water partition coefficient (Wildman–Crippen LogP) is 6.04. The van der Waals surface area contributed by atoms with Crippen LogP contribution >= 0.6 is 11.6 Å².